The first kappa shape index (κ1) is 60.1. The Bertz CT molecular complexity index is 3050. The van der Waals surface area contributed by atoms with Gasteiger partial charge in [-0.25, -0.2) is 29.1 Å². The number of hydrogen-bond donors (Lipinski definition) is 2. The second-order valence-corrected chi connectivity index (χ2v) is 20.0. The van der Waals surface area contributed by atoms with Crippen molar-refractivity contribution >= 4 is 70.3 Å². The molecule has 2 aromatic heterocycles. The van der Waals surface area contributed by atoms with Crippen LogP contribution < -0.4 is 29.9 Å². The fraction of sp³-hybridized carbons (Fsp3) is 0.393. The maximum absolute atomic E-state index is 13.4. The molecule has 2 aliphatic heterocycles. The maximum atomic E-state index is 13.4. The molecule has 4 aromatic carbocycles. The maximum Gasteiger partial charge on any atom is 0.409 e. The van der Waals surface area contributed by atoms with Gasteiger partial charge in [-0.05, 0) is 70.8 Å². The number of rotatable bonds is 24. The van der Waals surface area contributed by atoms with Crippen LogP contribution in [0, 0.1) is 20.2 Å². The van der Waals surface area contributed by atoms with E-state index in [2.05, 4.69) is 10.6 Å². The number of carbonyl (C=O) groups excluding carboxylic acids is 4. The second-order valence-electron chi connectivity index (χ2n) is 20.0. The van der Waals surface area contributed by atoms with Gasteiger partial charge in [0.25, 0.3) is 11.4 Å². The van der Waals surface area contributed by atoms with E-state index in [0.29, 0.717) is 96.2 Å². The molecule has 28 heteroatoms. The van der Waals surface area contributed by atoms with Crippen LogP contribution in [0.15, 0.2) is 97.1 Å². The summed E-state index contributed by atoms with van der Waals surface area (Å²) in [7, 11) is 9.42. The summed E-state index contributed by atoms with van der Waals surface area (Å²) in [6, 6.07) is 26.6. The van der Waals surface area contributed by atoms with E-state index < -0.39 is 46.4 Å². The minimum absolute atomic E-state index is 0.0732. The quantitative estimate of drug-likeness (QED) is 0.0341. The molecule has 0 saturated carbocycles. The molecule has 2 unspecified atom stereocenters. The summed E-state index contributed by atoms with van der Waals surface area (Å²) in [5, 5.41) is 29.0. The third kappa shape index (κ3) is 16.1. The molecule has 0 spiro atoms. The zero-order chi connectivity index (χ0) is 59.9. The summed E-state index contributed by atoms with van der Waals surface area (Å²) in [5.41, 5.74) is 3.70. The van der Waals surface area contributed by atoms with Crippen molar-refractivity contribution in [3.63, 3.8) is 0 Å². The number of aromatic nitrogens is 4. The molecule has 8 rings (SSSR count). The number of fused-ring (bicyclic) bond motifs is 1. The third-order valence-corrected chi connectivity index (χ3v) is 14.0. The van der Waals surface area contributed by atoms with Gasteiger partial charge in [-0.1, -0.05) is 24.3 Å². The van der Waals surface area contributed by atoms with Crippen LogP contribution in [-0.2, 0) is 45.3 Å². The SMILES string of the molecule is COc1ccc(CNc2nc(N3CCC(OC(=O)N(C)CCN(C)C(=O)OCc4ccc([N+](=O)[O-])cc4)C3)nc3c(NCc4ccc(OC)cc4)nc(N4CCC(OC(=O)N(C)CCN(C)C(=O)OCc5ccc([N+](=O)[O-])cc5)C4)nc23)cc1. The van der Waals surface area contributed by atoms with Crippen molar-refractivity contribution in [2.75, 3.05) is 115 Å². The van der Waals surface area contributed by atoms with Crippen molar-refractivity contribution in [1.82, 2.24) is 39.5 Å². The van der Waals surface area contributed by atoms with Crippen LogP contribution in [0.1, 0.15) is 35.1 Å². The average Bonchev–Trinajstić information content (AvgIpc) is 1.93. The number of likely N-dealkylation sites (N-methyl/N-ethyl adjacent to an activating group) is 4. The van der Waals surface area contributed by atoms with E-state index >= 15 is 0 Å². The van der Waals surface area contributed by atoms with Crippen molar-refractivity contribution in [3.8, 4) is 11.5 Å². The Hall–Kier alpha value is -10.0. The Morgan fingerprint density at radius 1 is 0.512 bits per heavy atom. The van der Waals surface area contributed by atoms with E-state index in [0.717, 1.165) is 11.1 Å². The number of hydrogen-bond acceptors (Lipinski definition) is 22. The summed E-state index contributed by atoms with van der Waals surface area (Å²) in [6.45, 7) is 2.50. The van der Waals surface area contributed by atoms with E-state index in [-0.39, 0.29) is 63.9 Å². The van der Waals surface area contributed by atoms with Crippen molar-refractivity contribution in [1.29, 1.82) is 0 Å². The summed E-state index contributed by atoms with van der Waals surface area (Å²) < 4.78 is 33.4. The minimum Gasteiger partial charge on any atom is -0.497 e. The van der Waals surface area contributed by atoms with Gasteiger partial charge in [0.1, 0.15) is 48.0 Å². The molecule has 2 fully saturated rings. The number of carbonyl (C=O) groups is 4. The summed E-state index contributed by atoms with van der Waals surface area (Å²) >= 11 is 0. The van der Waals surface area contributed by atoms with Crippen molar-refractivity contribution in [2.45, 2.75) is 51.4 Å². The number of methoxy groups -OCH3 is 2. The van der Waals surface area contributed by atoms with Crippen LogP contribution in [0.2, 0.25) is 0 Å². The van der Waals surface area contributed by atoms with Gasteiger partial charge in [0.2, 0.25) is 11.9 Å². The highest BCUT2D eigenvalue weighted by Crippen LogP contribution is 2.33. The molecule has 2 aliphatic rings. The van der Waals surface area contributed by atoms with Crippen LogP contribution in [0.5, 0.6) is 11.5 Å². The van der Waals surface area contributed by atoms with Gasteiger partial charge in [-0.3, -0.25) is 20.2 Å². The number of nitrogens with one attached hydrogen (secondary N) is 2. The number of nitro benzene ring substituents is 2. The fourth-order valence-corrected chi connectivity index (χ4v) is 8.76. The number of benzene rings is 4. The van der Waals surface area contributed by atoms with Gasteiger partial charge in [-0.15, -0.1) is 0 Å². The molecule has 0 aliphatic carbocycles. The predicted molar refractivity (Wildman–Crippen MR) is 307 cm³/mol. The van der Waals surface area contributed by atoms with Crippen LogP contribution in [-0.4, -0.2) is 181 Å². The van der Waals surface area contributed by atoms with Gasteiger partial charge >= 0.3 is 24.4 Å². The lowest BCUT2D eigenvalue weighted by molar-refractivity contribution is -0.385. The molecule has 84 heavy (non-hydrogen) atoms. The number of nitrogens with zero attached hydrogens (tertiary/aromatic N) is 12. The molecular weight excluding hydrogens is 1090 g/mol. The lowest BCUT2D eigenvalue weighted by Crippen LogP contribution is -2.39. The molecule has 444 valence electrons. The molecule has 28 nitrogen and oxygen atoms in total. The molecule has 2 saturated heterocycles. The first-order valence-electron chi connectivity index (χ1n) is 26.8. The normalized spacial score (nSPS) is 14.5. The highest BCUT2D eigenvalue weighted by molar-refractivity contribution is 5.94. The topological polar surface area (TPSA) is 305 Å². The van der Waals surface area contributed by atoms with Crippen LogP contribution in [0.25, 0.3) is 11.0 Å². The summed E-state index contributed by atoms with van der Waals surface area (Å²) in [6.07, 6.45) is -2.56. The average molecular weight is 1160 g/mol. The standard InChI is InChI=1S/C56H66N14O14/c1-63(53(71)81-35-39-7-15-41(16-8-39)69(75)76)27-29-65(3)55(73)83-45-23-25-67(33-45)51-59-47-48(49(61-51)57-31-37-11-19-43(79-5)20-12-37)60-52(62-50(47)58-32-38-13-21-44(80-6)22-14-38)68-26-24-46(34-68)84-56(74)66(4)30-28-64(2)54(72)82-36-40-9-17-42(18-10-40)70(77)78/h7-22,45-46H,23-36H2,1-6H3,(H,57,59,61)(H,58,60,62). The van der Waals surface area contributed by atoms with Crippen molar-refractivity contribution < 1.29 is 57.4 Å². The zero-order valence-corrected chi connectivity index (χ0v) is 47.4. The van der Waals surface area contributed by atoms with E-state index in [4.69, 9.17) is 48.4 Å². The molecule has 4 amide bonds. The van der Waals surface area contributed by atoms with E-state index in [9.17, 15) is 39.4 Å². The molecule has 4 heterocycles. The number of nitro groups is 2. The Morgan fingerprint density at radius 3 is 1.18 bits per heavy atom. The lowest BCUT2D eigenvalue weighted by atomic mass is 10.2. The fourth-order valence-electron chi connectivity index (χ4n) is 8.76. The molecule has 2 atom stereocenters. The number of non-ortho nitro benzene ring substituents is 2. The lowest BCUT2D eigenvalue weighted by Gasteiger charge is -2.24. The van der Waals surface area contributed by atoms with E-state index in [1.807, 2.05) is 58.3 Å². The Balaban J connectivity index is 0.943. The first-order valence-corrected chi connectivity index (χ1v) is 26.8. The van der Waals surface area contributed by atoms with E-state index in [1.54, 1.807) is 28.3 Å². The zero-order valence-electron chi connectivity index (χ0n) is 47.4. The van der Waals surface area contributed by atoms with Gasteiger partial charge in [-0.2, -0.15) is 9.97 Å². The Labute approximate surface area is 483 Å². The molecule has 0 bridgehead atoms. The highest BCUT2D eigenvalue weighted by Gasteiger charge is 2.33. The molecule has 2 N–H and O–H groups in total. The Morgan fingerprint density at radius 2 is 0.845 bits per heavy atom. The Kier molecular flexibility index (Phi) is 20.1. The number of anilines is 4. The smallest absolute Gasteiger partial charge is 0.409 e. The van der Waals surface area contributed by atoms with Gasteiger partial charge in [0.05, 0.1) is 37.2 Å². The molecular formula is C56H66N14O14. The summed E-state index contributed by atoms with van der Waals surface area (Å²) in [4.78, 5) is 103. The van der Waals surface area contributed by atoms with Gasteiger partial charge in [0, 0.05) is 118 Å². The van der Waals surface area contributed by atoms with Crippen molar-refractivity contribution in [3.05, 3.63) is 140 Å². The minimum atomic E-state index is -0.633. The summed E-state index contributed by atoms with van der Waals surface area (Å²) in [5.74, 6) is 2.89. The van der Waals surface area contributed by atoms with Gasteiger partial charge < -0.3 is 68.5 Å². The van der Waals surface area contributed by atoms with Crippen LogP contribution in [0.3, 0.4) is 0 Å². The van der Waals surface area contributed by atoms with E-state index in [1.165, 1.54) is 82.2 Å². The van der Waals surface area contributed by atoms with Gasteiger partial charge in [0.15, 0.2) is 11.6 Å². The number of ether oxygens (including phenoxy) is 6. The monoisotopic (exact) mass is 1160 g/mol. The molecule has 0 radical (unpaired) electrons. The second kappa shape index (κ2) is 28.1. The van der Waals surface area contributed by atoms with Crippen molar-refractivity contribution in [2.24, 2.45) is 0 Å². The van der Waals surface area contributed by atoms with Crippen LogP contribution >= 0.6 is 0 Å². The number of amides is 4. The molecule has 6 aromatic rings. The highest BCUT2D eigenvalue weighted by atomic mass is 16.6. The third-order valence-electron chi connectivity index (χ3n) is 14.0. The first-order chi connectivity index (χ1) is 40.4. The van der Waals surface area contributed by atoms with Crippen LogP contribution in [0.4, 0.5) is 54.1 Å². The predicted octanol–water partition coefficient (Wildman–Crippen LogP) is 7.31. The largest absolute Gasteiger partial charge is 0.497 e.